The number of fused-ring (bicyclic) bond motifs is 1. The summed E-state index contributed by atoms with van der Waals surface area (Å²) in [5, 5.41) is 0. The monoisotopic (exact) mass is 333 g/mol. The van der Waals surface area contributed by atoms with E-state index in [0.29, 0.717) is 17.2 Å². The van der Waals surface area contributed by atoms with E-state index < -0.39 is 10.0 Å². The van der Waals surface area contributed by atoms with E-state index in [-0.39, 0.29) is 0 Å². The van der Waals surface area contributed by atoms with Crippen LogP contribution in [0, 0.1) is 0 Å². The van der Waals surface area contributed by atoms with Crippen molar-refractivity contribution < 1.29 is 17.9 Å². The summed E-state index contributed by atoms with van der Waals surface area (Å²) in [5.41, 5.74) is 2.87. The maximum Gasteiger partial charge on any atom is 0.229 e. The molecule has 0 spiro atoms. The molecular weight excluding hydrogens is 314 g/mol. The molecule has 1 aliphatic carbocycles. The van der Waals surface area contributed by atoms with Crippen molar-refractivity contribution in [2.24, 2.45) is 0 Å². The first-order valence-electron chi connectivity index (χ1n) is 7.40. The van der Waals surface area contributed by atoms with E-state index in [2.05, 4.69) is 4.72 Å². The lowest BCUT2D eigenvalue weighted by Crippen LogP contribution is -2.11. The number of sulfonamides is 1. The van der Waals surface area contributed by atoms with Gasteiger partial charge >= 0.3 is 0 Å². The van der Waals surface area contributed by atoms with Gasteiger partial charge in [-0.3, -0.25) is 4.72 Å². The third-order valence-corrected chi connectivity index (χ3v) is 4.37. The van der Waals surface area contributed by atoms with Crippen molar-refractivity contribution in [1.29, 1.82) is 0 Å². The zero-order valence-corrected chi connectivity index (χ0v) is 13.9. The molecule has 0 fully saturated rings. The summed E-state index contributed by atoms with van der Waals surface area (Å²) >= 11 is 0. The number of anilines is 1. The average molecular weight is 333 g/mol. The number of methoxy groups -OCH3 is 1. The van der Waals surface area contributed by atoms with E-state index in [4.69, 9.17) is 9.47 Å². The van der Waals surface area contributed by atoms with E-state index in [9.17, 15) is 8.42 Å². The van der Waals surface area contributed by atoms with E-state index in [1.54, 1.807) is 31.4 Å². The third-order valence-electron chi connectivity index (χ3n) is 3.78. The molecule has 2 aromatic rings. The fraction of sp³-hybridized carbons (Fsp3) is 0.294. The van der Waals surface area contributed by atoms with Gasteiger partial charge in [0.05, 0.1) is 19.1 Å². The topological polar surface area (TPSA) is 64.6 Å². The number of hydrogen-bond donors (Lipinski definition) is 1. The van der Waals surface area contributed by atoms with E-state index >= 15 is 0 Å². The van der Waals surface area contributed by atoms with Crippen LogP contribution >= 0.6 is 0 Å². The number of hydrogen-bond acceptors (Lipinski definition) is 4. The zero-order valence-electron chi connectivity index (χ0n) is 13.1. The second-order valence-electron chi connectivity index (χ2n) is 5.62. The molecule has 0 heterocycles. The van der Waals surface area contributed by atoms with Crippen LogP contribution in [-0.4, -0.2) is 21.8 Å². The quantitative estimate of drug-likeness (QED) is 0.911. The third kappa shape index (κ3) is 3.76. The highest BCUT2D eigenvalue weighted by atomic mass is 32.2. The summed E-state index contributed by atoms with van der Waals surface area (Å²) in [6.07, 6.45) is 4.18. The lowest BCUT2D eigenvalue weighted by atomic mass is 10.1. The molecule has 23 heavy (non-hydrogen) atoms. The highest BCUT2D eigenvalue weighted by Gasteiger charge is 2.18. The maximum atomic E-state index is 11.6. The van der Waals surface area contributed by atoms with Gasteiger partial charge in [-0.25, -0.2) is 8.42 Å². The van der Waals surface area contributed by atoms with Crippen molar-refractivity contribution >= 4 is 15.7 Å². The molecule has 0 atom stereocenters. The smallest absolute Gasteiger partial charge is 0.229 e. The molecule has 2 aromatic carbocycles. The largest absolute Gasteiger partial charge is 0.497 e. The number of nitrogens with one attached hydrogen (secondary N) is 1. The summed E-state index contributed by atoms with van der Waals surface area (Å²) in [6, 6.07) is 11.0. The van der Waals surface area contributed by atoms with Gasteiger partial charge in [0, 0.05) is 0 Å². The minimum atomic E-state index is -3.37. The van der Waals surface area contributed by atoms with Crippen molar-refractivity contribution in [3.8, 4) is 17.2 Å². The van der Waals surface area contributed by atoms with Crippen molar-refractivity contribution in [1.82, 2.24) is 0 Å². The van der Waals surface area contributed by atoms with Crippen LogP contribution in [0.25, 0.3) is 0 Å². The fourth-order valence-electron chi connectivity index (χ4n) is 2.74. The molecule has 5 nitrogen and oxygen atoms in total. The van der Waals surface area contributed by atoms with Crippen molar-refractivity contribution in [2.75, 3.05) is 18.1 Å². The average Bonchev–Trinajstić information content (AvgIpc) is 2.94. The first-order valence-corrected chi connectivity index (χ1v) is 9.29. The van der Waals surface area contributed by atoms with E-state index in [1.807, 2.05) is 12.1 Å². The van der Waals surface area contributed by atoms with Gasteiger partial charge < -0.3 is 9.47 Å². The molecule has 0 aliphatic heterocycles. The van der Waals surface area contributed by atoms with Crippen LogP contribution in [0.1, 0.15) is 17.5 Å². The molecule has 1 aliphatic rings. The van der Waals surface area contributed by atoms with Crippen LogP contribution in [0.4, 0.5) is 5.69 Å². The first-order chi connectivity index (χ1) is 10.9. The minimum Gasteiger partial charge on any atom is -0.497 e. The van der Waals surface area contributed by atoms with Crippen LogP contribution in [0.5, 0.6) is 17.2 Å². The molecule has 3 rings (SSSR count). The molecule has 0 aromatic heterocycles. The molecule has 0 unspecified atom stereocenters. The van der Waals surface area contributed by atoms with Crippen LogP contribution in [0.15, 0.2) is 36.4 Å². The van der Waals surface area contributed by atoms with Crippen molar-refractivity contribution in [3.63, 3.8) is 0 Å². The highest BCUT2D eigenvalue weighted by Crippen LogP contribution is 2.36. The van der Waals surface area contributed by atoms with Gasteiger partial charge in [0.25, 0.3) is 0 Å². The molecule has 0 radical (unpaired) electrons. The Morgan fingerprint density at radius 2 is 1.61 bits per heavy atom. The Morgan fingerprint density at radius 1 is 1.00 bits per heavy atom. The highest BCUT2D eigenvalue weighted by molar-refractivity contribution is 7.92. The Kier molecular flexibility index (Phi) is 4.17. The molecule has 0 saturated carbocycles. The first kappa shape index (κ1) is 15.7. The van der Waals surface area contributed by atoms with Crippen LogP contribution in [0.3, 0.4) is 0 Å². The molecule has 0 amide bonds. The van der Waals surface area contributed by atoms with Crippen LogP contribution < -0.4 is 14.2 Å². The molecule has 1 N–H and O–H groups in total. The Bertz CT molecular complexity index is 813. The summed E-state index contributed by atoms with van der Waals surface area (Å²) in [6.45, 7) is 0. The van der Waals surface area contributed by atoms with E-state index in [1.165, 1.54) is 11.1 Å². The van der Waals surface area contributed by atoms with Gasteiger partial charge in [-0.1, -0.05) is 0 Å². The Hall–Kier alpha value is -2.21. The second-order valence-corrected chi connectivity index (χ2v) is 7.37. The second kappa shape index (κ2) is 6.12. The molecule has 122 valence electrons. The lowest BCUT2D eigenvalue weighted by molar-refractivity contribution is 0.413. The van der Waals surface area contributed by atoms with Gasteiger partial charge in [0.2, 0.25) is 10.0 Å². The predicted octanol–water partition coefficient (Wildman–Crippen LogP) is 3.35. The molecule has 0 saturated heterocycles. The number of aryl methyl sites for hydroxylation is 2. The standard InChI is InChI=1S/C17H19NO4S/c1-21-14-6-8-15(9-7-14)22-17-11-13-5-3-4-12(13)10-16(17)18-23(2,19)20/h6-11,18H,3-5H2,1-2H3. The normalized spacial score (nSPS) is 13.5. The lowest BCUT2D eigenvalue weighted by Gasteiger charge is -2.14. The van der Waals surface area contributed by atoms with Crippen molar-refractivity contribution in [2.45, 2.75) is 19.3 Å². The molecule has 0 bridgehead atoms. The molecular formula is C17H19NO4S. The summed E-state index contributed by atoms with van der Waals surface area (Å²) in [7, 11) is -1.77. The summed E-state index contributed by atoms with van der Waals surface area (Å²) < 4.78 is 36.8. The zero-order chi connectivity index (χ0) is 16.4. The van der Waals surface area contributed by atoms with Gasteiger partial charge in [0.1, 0.15) is 11.5 Å². The van der Waals surface area contributed by atoms with Gasteiger partial charge in [-0.05, 0) is 66.8 Å². The molecule has 6 heteroatoms. The predicted molar refractivity (Wildman–Crippen MR) is 90.0 cm³/mol. The maximum absolute atomic E-state index is 11.6. The van der Waals surface area contributed by atoms with Gasteiger partial charge in [0.15, 0.2) is 5.75 Å². The van der Waals surface area contributed by atoms with Gasteiger partial charge in [-0.15, -0.1) is 0 Å². The van der Waals surface area contributed by atoms with Crippen molar-refractivity contribution in [3.05, 3.63) is 47.5 Å². The SMILES string of the molecule is COc1ccc(Oc2cc3c(cc2NS(C)(=O)=O)CCC3)cc1. The summed E-state index contributed by atoms with van der Waals surface area (Å²) in [4.78, 5) is 0. The fourth-order valence-corrected chi connectivity index (χ4v) is 3.30. The van der Waals surface area contributed by atoms with Gasteiger partial charge in [-0.2, -0.15) is 0 Å². The number of ether oxygens (including phenoxy) is 2. The van der Waals surface area contributed by atoms with Crippen LogP contribution in [-0.2, 0) is 22.9 Å². The number of benzene rings is 2. The number of rotatable bonds is 5. The Morgan fingerprint density at radius 3 is 2.22 bits per heavy atom. The Balaban J connectivity index is 1.95. The van der Waals surface area contributed by atoms with E-state index in [0.717, 1.165) is 31.3 Å². The van der Waals surface area contributed by atoms with Crippen LogP contribution in [0.2, 0.25) is 0 Å². The summed E-state index contributed by atoms with van der Waals surface area (Å²) in [5.74, 6) is 1.88. The Labute approximate surface area is 136 Å². The minimum absolute atomic E-state index is 0.476.